The number of hydrogen-bond acceptors (Lipinski definition) is 6. The summed E-state index contributed by atoms with van der Waals surface area (Å²) in [6, 6.07) is 9.08. The Kier molecular flexibility index (Phi) is 5.81. The van der Waals surface area contributed by atoms with E-state index in [2.05, 4.69) is 10.1 Å². The second-order valence-corrected chi connectivity index (χ2v) is 5.97. The monoisotopic (exact) mass is 411 g/mol. The molecule has 0 aromatic heterocycles. The van der Waals surface area contributed by atoms with Gasteiger partial charge in [0.15, 0.2) is 17.6 Å². The first-order valence-electron chi connectivity index (χ1n) is 8.48. The van der Waals surface area contributed by atoms with Crippen LogP contribution in [-0.2, 0) is 9.53 Å². The Labute approximate surface area is 163 Å². The number of nitrogens with one attached hydrogen (secondary N) is 1. The second-order valence-electron chi connectivity index (χ2n) is 5.97. The lowest BCUT2D eigenvalue weighted by atomic mass is 10.2. The van der Waals surface area contributed by atoms with Gasteiger partial charge in [-0.25, -0.2) is 4.79 Å². The fourth-order valence-corrected chi connectivity index (χ4v) is 2.44. The van der Waals surface area contributed by atoms with E-state index in [1.165, 1.54) is 31.2 Å². The average Bonchev–Trinajstić information content (AvgIpc) is 2.67. The number of carbonyl (C=O) groups excluding carboxylic acids is 2. The summed E-state index contributed by atoms with van der Waals surface area (Å²) in [4.78, 5) is 24.4. The third kappa shape index (κ3) is 5.53. The van der Waals surface area contributed by atoms with Gasteiger partial charge in [-0.1, -0.05) is 0 Å². The van der Waals surface area contributed by atoms with E-state index in [1.807, 2.05) is 0 Å². The van der Waals surface area contributed by atoms with E-state index in [-0.39, 0.29) is 11.3 Å². The molecule has 7 nitrogen and oxygen atoms in total. The largest absolute Gasteiger partial charge is 0.573 e. The molecule has 1 aliphatic heterocycles. The topological polar surface area (TPSA) is 83.1 Å². The minimum Gasteiger partial charge on any atom is -0.486 e. The lowest BCUT2D eigenvalue weighted by molar-refractivity contribution is -0.274. The molecular formula is C19H16F3NO6. The number of esters is 1. The van der Waals surface area contributed by atoms with E-state index in [1.54, 1.807) is 6.07 Å². The van der Waals surface area contributed by atoms with Crippen molar-refractivity contribution in [1.82, 2.24) is 0 Å². The van der Waals surface area contributed by atoms with Gasteiger partial charge in [-0.05, 0) is 49.4 Å². The minimum absolute atomic E-state index is 0.183. The summed E-state index contributed by atoms with van der Waals surface area (Å²) in [6.45, 7) is 2.14. The Morgan fingerprint density at radius 2 is 1.69 bits per heavy atom. The zero-order valence-electron chi connectivity index (χ0n) is 15.1. The van der Waals surface area contributed by atoms with E-state index in [9.17, 15) is 22.8 Å². The molecule has 1 unspecified atom stereocenters. The Balaban J connectivity index is 1.57. The van der Waals surface area contributed by atoms with Crippen molar-refractivity contribution in [1.29, 1.82) is 0 Å². The van der Waals surface area contributed by atoms with Crippen LogP contribution < -0.4 is 19.5 Å². The van der Waals surface area contributed by atoms with Gasteiger partial charge in [-0.15, -0.1) is 13.2 Å². The van der Waals surface area contributed by atoms with E-state index in [4.69, 9.17) is 14.2 Å². The summed E-state index contributed by atoms with van der Waals surface area (Å²) in [6.07, 6.45) is -5.96. The molecule has 2 aromatic rings. The third-order valence-electron chi connectivity index (χ3n) is 3.79. The number of rotatable bonds is 5. The number of fused-ring (bicyclic) bond motifs is 1. The van der Waals surface area contributed by atoms with E-state index in [0.29, 0.717) is 24.7 Å². The lowest BCUT2D eigenvalue weighted by Gasteiger charge is -2.19. The van der Waals surface area contributed by atoms with Gasteiger partial charge >= 0.3 is 12.3 Å². The van der Waals surface area contributed by atoms with Crippen LogP contribution in [0, 0.1) is 0 Å². The molecular weight excluding hydrogens is 395 g/mol. The summed E-state index contributed by atoms with van der Waals surface area (Å²) in [5.74, 6) is -0.895. The third-order valence-corrected chi connectivity index (χ3v) is 3.79. The number of benzene rings is 2. The number of anilines is 1. The maximum absolute atomic E-state index is 12.3. The molecule has 1 amide bonds. The summed E-state index contributed by atoms with van der Waals surface area (Å²) in [5.41, 5.74) is 0.398. The fourth-order valence-electron chi connectivity index (χ4n) is 2.44. The standard InChI is InChI=1S/C19H16F3NO6/c1-11(17(24)23-13-3-5-14(6-4-13)29-19(20,21)22)28-18(25)12-2-7-15-16(10-12)27-9-8-26-15/h2-7,10-11H,8-9H2,1H3,(H,23,24). The Hall–Kier alpha value is -3.43. The van der Waals surface area contributed by atoms with E-state index < -0.39 is 30.1 Å². The van der Waals surface area contributed by atoms with Crippen molar-refractivity contribution in [2.75, 3.05) is 18.5 Å². The van der Waals surface area contributed by atoms with Crippen LogP contribution in [-0.4, -0.2) is 37.6 Å². The van der Waals surface area contributed by atoms with Crippen LogP contribution in [0.25, 0.3) is 0 Å². The predicted molar refractivity (Wildman–Crippen MR) is 94.1 cm³/mol. The minimum atomic E-state index is -4.80. The van der Waals surface area contributed by atoms with Gasteiger partial charge in [-0.2, -0.15) is 0 Å². The maximum Gasteiger partial charge on any atom is 0.573 e. The van der Waals surface area contributed by atoms with Crippen molar-refractivity contribution < 1.29 is 41.7 Å². The maximum atomic E-state index is 12.3. The van der Waals surface area contributed by atoms with Crippen LogP contribution >= 0.6 is 0 Å². The summed E-state index contributed by atoms with van der Waals surface area (Å²) in [5, 5.41) is 2.44. The number of carbonyl (C=O) groups is 2. The average molecular weight is 411 g/mol. The smallest absolute Gasteiger partial charge is 0.486 e. The molecule has 1 heterocycles. The van der Waals surface area contributed by atoms with Crippen molar-refractivity contribution in [2.24, 2.45) is 0 Å². The molecule has 0 bridgehead atoms. The van der Waals surface area contributed by atoms with Gasteiger partial charge in [0.2, 0.25) is 0 Å². The Bertz CT molecular complexity index is 898. The van der Waals surface area contributed by atoms with Gasteiger partial charge in [0.1, 0.15) is 19.0 Å². The Morgan fingerprint density at radius 1 is 1.03 bits per heavy atom. The van der Waals surface area contributed by atoms with Crippen molar-refractivity contribution in [2.45, 2.75) is 19.4 Å². The zero-order chi connectivity index (χ0) is 21.0. The quantitative estimate of drug-likeness (QED) is 0.758. The molecule has 0 spiro atoms. The molecule has 0 saturated heterocycles. The highest BCUT2D eigenvalue weighted by atomic mass is 19.4. The summed E-state index contributed by atoms with van der Waals surface area (Å²) < 4.78 is 56.1. The predicted octanol–water partition coefficient (Wildman–Crippen LogP) is 3.54. The molecule has 1 aliphatic rings. The summed E-state index contributed by atoms with van der Waals surface area (Å²) >= 11 is 0. The number of hydrogen-bond donors (Lipinski definition) is 1. The first kappa shape index (κ1) is 20.3. The molecule has 0 saturated carbocycles. The van der Waals surface area contributed by atoms with Crippen LogP contribution in [0.5, 0.6) is 17.2 Å². The molecule has 10 heteroatoms. The van der Waals surface area contributed by atoms with E-state index in [0.717, 1.165) is 12.1 Å². The van der Waals surface area contributed by atoms with Crippen molar-refractivity contribution in [3.8, 4) is 17.2 Å². The van der Waals surface area contributed by atoms with Crippen molar-refractivity contribution >= 4 is 17.6 Å². The van der Waals surface area contributed by atoms with Crippen LogP contribution in [0.1, 0.15) is 17.3 Å². The molecule has 2 aromatic carbocycles. The normalized spacial score (nSPS) is 13.9. The highest BCUT2D eigenvalue weighted by molar-refractivity contribution is 5.97. The van der Waals surface area contributed by atoms with Crippen LogP contribution in [0.4, 0.5) is 18.9 Å². The van der Waals surface area contributed by atoms with Crippen LogP contribution in [0.2, 0.25) is 0 Å². The number of alkyl halides is 3. The zero-order valence-corrected chi connectivity index (χ0v) is 15.1. The number of halogens is 3. The van der Waals surface area contributed by atoms with E-state index >= 15 is 0 Å². The highest BCUT2D eigenvalue weighted by Crippen LogP contribution is 2.31. The van der Waals surface area contributed by atoms with Crippen LogP contribution in [0.15, 0.2) is 42.5 Å². The summed E-state index contributed by atoms with van der Waals surface area (Å²) in [7, 11) is 0. The SMILES string of the molecule is CC(OC(=O)c1ccc2c(c1)OCCO2)C(=O)Nc1ccc(OC(F)(F)F)cc1. The number of ether oxygens (including phenoxy) is 4. The van der Waals surface area contributed by atoms with Gasteiger partial charge < -0.3 is 24.3 Å². The van der Waals surface area contributed by atoms with Gasteiger partial charge in [0.05, 0.1) is 5.56 Å². The van der Waals surface area contributed by atoms with Gasteiger partial charge in [0, 0.05) is 5.69 Å². The van der Waals surface area contributed by atoms with Crippen LogP contribution in [0.3, 0.4) is 0 Å². The molecule has 0 aliphatic carbocycles. The molecule has 0 radical (unpaired) electrons. The van der Waals surface area contributed by atoms with Gasteiger partial charge in [0.25, 0.3) is 5.91 Å². The molecule has 1 atom stereocenters. The molecule has 1 N–H and O–H groups in total. The second kappa shape index (κ2) is 8.29. The molecule has 0 fully saturated rings. The first-order valence-corrected chi connectivity index (χ1v) is 8.48. The molecule has 29 heavy (non-hydrogen) atoms. The first-order chi connectivity index (χ1) is 13.7. The molecule has 154 valence electrons. The highest BCUT2D eigenvalue weighted by Gasteiger charge is 2.31. The van der Waals surface area contributed by atoms with Crippen molar-refractivity contribution in [3.63, 3.8) is 0 Å². The molecule has 3 rings (SSSR count). The lowest BCUT2D eigenvalue weighted by Crippen LogP contribution is -2.30. The fraction of sp³-hybridized carbons (Fsp3) is 0.263. The Morgan fingerprint density at radius 3 is 2.34 bits per heavy atom. The van der Waals surface area contributed by atoms with Crippen molar-refractivity contribution in [3.05, 3.63) is 48.0 Å². The number of amides is 1. The van der Waals surface area contributed by atoms with Gasteiger partial charge in [-0.3, -0.25) is 4.79 Å².